The van der Waals surface area contributed by atoms with Crippen molar-refractivity contribution in [1.82, 2.24) is 0 Å². The molecule has 3 nitrogen and oxygen atoms in total. The van der Waals surface area contributed by atoms with Crippen LogP contribution in [0.25, 0.3) is 0 Å². The van der Waals surface area contributed by atoms with Gasteiger partial charge in [0.05, 0.1) is 12.9 Å². The smallest absolute Gasteiger partial charge is 0.234 e. The number of hydrogen-bond donors (Lipinski definition) is 1. The second kappa shape index (κ2) is 7.08. The molecule has 2 rings (SSSR count). The van der Waals surface area contributed by atoms with Crippen molar-refractivity contribution in [3.63, 3.8) is 0 Å². The van der Waals surface area contributed by atoms with E-state index in [-0.39, 0.29) is 17.3 Å². The van der Waals surface area contributed by atoms with Gasteiger partial charge in [0.15, 0.2) is 11.6 Å². The molecule has 0 fully saturated rings. The molecule has 0 bridgehead atoms. The van der Waals surface area contributed by atoms with Gasteiger partial charge in [-0.25, -0.2) is 8.78 Å². The molecule has 0 saturated carbocycles. The van der Waals surface area contributed by atoms with Crippen LogP contribution in [-0.4, -0.2) is 18.8 Å². The second-order valence-electron chi connectivity index (χ2n) is 4.14. The summed E-state index contributed by atoms with van der Waals surface area (Å²) in [7, 11) is 1.57. The minimum absolute atomic E-state index is 0.159. The number of halogens is 2. The topological polar surface area (TPSA) is 38.3 Å². The van der Waals surface area contributed by atoms with E-state index in [9.17, 15) is 13.6 Å². The lowest BCUT2D eigenvalue weighted by Gasteiger charge is -2.06. The van der Waals surface area contributed by atoms with Crippen LogP contribution < -0.4 is 10.1 Å². The summed E-state index contributed by atoms with van der Waals surface area (Å²) in [6, 6.07) is 10.5. The Balaban J connectivity index is 1.91. The fraction of sp³-hybridized carbons (Fsp3) is 0.133. The molecule has 2 aromatic carbocycles. The SMILES string of the molecule is COc1cccc(SCC(=O)Nc2ccc(F)c(F)c2)c1. The van der Waals surface area contributed by atoms with Crippen LogP contribution >= 0.6 is 11.8 Å². The normalized spacial score (nSPS) is 10.2. The van der Waals surface area contributed by atoms with Gasteiger partial charge in [0.25, 0.3) is 0 Å². The van der Waals surface area contributed by atoms with Crippen LogP contribution in [0.4, 0.5) is 14.5 Å². The molecule has 1 amide bonds. The molecule has 1 N–H and O–H groups in total. The number of methoxy groups -OCH3 is 1. The maximum atomic E-state index is 13.0. The van der Waals surface area contributed by atoms with Gasteiger partial charge in [0.1, 0.15) is 5.75 Å². The Morgan fingerprint density at radius 1 is 1.19 bits per heavy atom. The highest BCUT2D eigenvalue weighted by molar-refractivity contribution is 8.00. The maximum absolute atomic E-state index is 13.0. The molecule has 6 heteroatoms. The van der Waals surface area contributed by atoms with Gasteiger partial charge >= 0.3 is 0 Å². The predicted molar refractivity (Wildman–Crippen MR) is 78.7 cm³/mol. The van der Waals surface area contributed by atoms with Gasteiger partial charge in [-0.2, -0.15) is 0 Å². The molecule has 2 aromatic rings. The van der Waals surface area contributed by atoms with E-state index < -0.39 is 11.6 Å². The van der Waals surface area contributed by atoms with Crippen LogP contribution in [0.5, 0.6) is 5.75 Å². The highest BCUT2D eigenvalue weighted by atomic mass is 32.2. The van der Waals surface area contributed by atoms with Crippen molar-refractivity contribution in [1.29, 1.82) is 0 Å². The molecular formula is C15H13F2NO2S. The third kappa shape index (κ3) is 4.46. The summed E-state index contributed by atoms with van der Waals surface area (Å²) in [5, 5.41) is 2.51. The third-order valence-electron chi connectivity index (χ3n) is 2.61. The lowest BCUT2D eigenvalue weighted by Crippen LogP contribution is -2.14. The third-order valence-corrected chi connectivity index (χ3v) is 3.61. The summed E-state index contributed by atoms with van der Waals surface area (Å²) in [5.74, 6) is -1.37. The zero-order chi connectivity index (χ0) is 15.2. The first kappa shape index (κ1) is 15.3. The molecule has 0 radical (unpaired) electrons. The van der Waals surface area contributed by atoms with Crippen molar-refractivity contribution < 1.29 is 18.3 Å². The number of thioether (sulfide) groups is 1. The first-order chi connectivity index (χ1) is 10.1. The highest BCUT2D eigenvalue weighted by Crippen LogP contribution is 2.23. The van der Waals surface area contributed by atoms with Crippen LogP contribution in [0, 0.1) is 11.6 Å². The molecule has 0 unspecified atom stereocenters. The zero-order valence-corrected chi connectivity index (χ0v) is 12.0. The monoisotopic (exact) mass is 309 g/mol. The van der Waals surface area contributed by atoms with Crippen molar-refractivity contribution >= 4 is 23.4 Å². The fourth-order valence-corrected chi connectivity index (χ4v) is 2.36. The van der Waals surface area contributed by atoms with Gasteiger partial charge in [-0.15, -0.1) is 11.8 Å². The average molecular weight is 309 g/mol. The quantitative estimate of drug-likeness (QED) is 0.856. The van der Waals surface area contributed by atoms with Crippen LogP contribution in [-0.2, 0) is 4.79 Å². The fourth-order valence-electron chi connectivity index (χ4n) is 1.61. The van der Waals surface area contributed by atoms with Gasteiger partial charge in [0.2, 0.25) is 5.91 Å². The van der Waals surface area contributed by atoms with E-state index in [1.54, 1.807) is 7.11 Å². The van der Waals surface area contributed by atoms with Gasteiger partial charge in [0, 0.05) is 16.6 Å². The summed E-state index contributed by atoms with van der Waals surface area (Å²) < 4.78 is 30.9. The van der Waals surface area contributed by atoms with E-state index in [0.717, 1.165) is 17.0 Å². The van der Waals surface area contributed by atoms with Gasteiger partial charge in [-0.3, -0.25) is 4.79 Å². The second-order valence-corrected chi connectivity index (χ2v) is 5.19. The first-order valence-electron chi connectivity index (χ1n) is 6.10. The Morgan fingerprint density at radius 2 is 2.00 bits per heavy atom. The molecule has 0 aliphatic heterocycles. The number of ether oxygens (including phenoxy) is 1. The summed E-state index contributed by atoms with van der Waals surface area (Å²) in [5.41, 5.74) is 0.227. The molecular weight excluding hydrogens is 296 g/mol. The lowest BCUT2D eigenvalue weighted by atomic mass is 10.3. The largest absolute Gasteiger partial charge is 0.497 e. The molecule has 0 spiro atoms. The summed E-state index contributed by atoms with van der Waals surface area (Å²) in [6.45, 7) is 0. The molecule has 0 atom stereocenters. The summed E-state index contributed by atoms with van der Waals surface area (Å²) >= 11 is 1.32. The molecule has 110 valence electrons. The molecule has 21 heavy (non-hydrogen) atoms. The number of amides is 1. The van der Waals surface area contributed by atoms with E-state index in [2.05, 4.69) is 5.32 Å². The van der Waals surface area contributed by atoms with Gasteiger partial charge in [-0.1, -0.05) is 6.07 Å². The standard InChI is InChI=1S/C15H13F2NO2S/c1-20-11-3-2-4-12(8-11)21-9-15(19)18-10-5-6-13(16)14(17)7-10/h2-8H,9H2,1H3,(H,18,19). The Hall–Kier alpha value is -2.08. The predicted octanol–water partition coefficient (Wildman–Crippen LogP) is 3.70. The number of carbonyl (C=O) groups excluding carboxylic acids is 1. The number of benzene rings is 2. The Morgan fingerprint density at radius 3 is 2.71 bits per heavy atom. The minimum atomic E-state index is -0.992. The van der Waals surface area contributed by atoms with Crippen molar-refractivity contribution in [2.45, 2.75) is 4.90 Å². The molecule has 0 heterocycles. The maximum Gasteiger partial charge on any atom is 0.234 e. The molecule has 0 aromatic heterocycles. The van der Waals surface area contributed by atoms with Gasteiger partial charge < -0.3 is 10.1 Å². The van der Waals surface area contributed by atoms with Crippen LogP contribution in [0.1, 0.15) is 0 Å². The number of anilines is 1. The van der Waals surface area contributed by atoms with Crippen molar-refractivity contribution in [2.24, 2.45) is 0 Å². The number of carbonyl (C=O) groups is 1. The molecule has 0 saturated heterocycles. The summed E-state index contributed by atoms with van der Waals surface area (Å²) in [4.78, 5) is 12.6. The highest BCUT2D eigenvalue weighted by Gasteiger charge is 2.07. The zero-order valence-electron chi connectivity index (χ0n) is 11.2. The number of nitrogens with one attached hydrogen (secondary N) is 1. The minimum Gasteiger partial charge on any atom is -0.497 e. The Kier molecular flexibility index (Phi) is 5.16. The first-order valence-corrected chi connectivity index (χ1v) is 7.09. The number of rotatable bonds is 5. The Bertz CT molecular complexity index is 649. The van der Waals surface area contributed by atoms with Crippen LogP contribution in [0.2, 0.25) is 0 Å². The van der Waals surface area contributed by atoms with Crippen LogP contribution in [0.15, 0.2) is 47.4 Å². The lowest BCUT2D eigenvalue weighted by molar-refractivity contribution is -0.113. The van der Waals surface area contributed by atoms with Gasteiger partial charge in [-0.05, 0) is 30.3 Å². The summed E-state index contributed by atoms with van der Waals surface area (Å²) in [6.07, 6.45) is 0. The van der Waals surface area contributed by atoms with E-state index in [0.29, 0.717) is 5.75 Å². The Labute approximate surface area is 125 Å². The van der Waals surface area contributed by atoms with Crippen LogP contribution in [0.3, 0.4) is 0 Å². The molecule has 0 aliphatic rings. The van der Waals surface area contributed by atoms with E-state index in [1.807, 2.05) is 24.3 Å². The average Bonchev–Trinajstić information content (AvgIpc) is 2.49. The molecule has 0 aliphatic carbocycles. The van der Waals surface area contributed by atoms with E-state index >= 15 is 0 Å². The van der Waals surface area contributed by atoms with Crippen molar-refractivity contribution in [3.05, 3.63) is 54.1 Å². The van der Waals surface area contributed by atoms with Crippen molar-refractivity contribution in [3.8, 4) is 5.75 Å². The number of hydrogen-bond acceptors (Lipinski definition) is 3. The van der Waals surface area contributed by atoms with Crippen molar-refractivity contribution in [2.75, 3.05) is 18.2 Å². The van der Waals surface area contributed by atoms with E-state index in [1.165, 1.54) is 17.8 Å². The van der Waals surface area contributed by atoms with E-state index in [4.69, 9.17) is 4.74 Å².